The summed E-state index contributed by atoms with van der Waals surface area (Å²) < 4.78 is 18.9. The molecule has 0 radical (unpaired) electrons. The van der Waals surface area contributed by atoms with E-state index >= 15 is 0 Å². The van der Waals surface area contributed by atoms with E-state index in [1.165, 1.54) is 12.1 Å². The molecule has 0 aromatic heterocycles. The van der Waals surface area contributed by atoms with E-state index in [1.54, 1.807) is 6.07 Å². The first-order valence-corrected chi connectivity index (χ1v) is 9.19. The number of hydrogen-bond donors (Lipinski definition) is 2. The summed E-state index contributed by atoms with van der Waals surface area (Å²) in [5.41, 5.74) is 0.712. The van der Waals surface area contributed by atoms with Gasteiger partial charge >= 0.3 is 0 Å². The largest absolute Gasteiger partial charge is 0.382 e. The van der Waals surface area contributed by atoms with Gasteiger partial charge in [-0.2, -0.15) is 0 Å². The third-order valence-corrected chi connectivity index (χ3v) is 4.49. The first-order valence-electron chi connectivity index (χ1n) is 8.81. The monoisotopic (exact) mass is 385 g/mol. The summed E-state index contributed by atoms with van der Waals surface area (Å²) in [6.07, 6.45) is 0.792. The Balaban J connectivity index is 1.91. The molecule has 0 saturated carbocycles. The van der Waals surface area contributed by atoms with E-state index in [2.05, 4.69) is 10.6 Å². The van der Waals surface area contributed by atoms with Gasteiger partial charge in [0.15, 0.2) is 0 Å². The van der Waals surface area contributed by atoms with Gasteiger partial charge in [-0.25, -0.2) is 4.39 Å². The number of amides is 2. The van der Waals surface area contributed by atoms with Gasteiger partial charge in [-0.05, 0) is 31.0 Å². The van der Waals surface area contributed by atoms with E-state index in [1.807, 2.05) is 11.8 Å². The summed E-state index contributed by atoms with van der Waals surface area (Å²) in [6.45, 7) is 5.14. The Hall–Kier alpha value is -1.70. The van der Waals surface area contributed by atoms with Crippen molar-refractivity contribution in [3.05, 3.63) is 34.6 Å². The number of carbonyl (C=O) groups excluding carboxylic acids is 2. The van der Waals surface area contributed by atoms with Crippen molar-refractivity contribution < 1.29 is 18.7 Å². The van der Waals surface area contributed by atoms with Gasteiger partial charge in [0, 0.05) is 39.4 Å². The number of ether oxygens (including phenoxy) is 1. The molecule has 1 unspecified atom stereocenters. The molecule has 1 aliphatic heterocycles. The van der Waals surface area contributed by atoms with E-state index in [0.29, 0.717) is 45.0 Å². The highest BCUT2D eigenvalue weighted by molar-refractivity contribution is 6.30. The van der Waals surface area contributed by atoms with Crippen LogP contribution in [0.15, 0.2) is 18.2 Å². The van der Waals surface area contributed by atoms with E-state index in [0.717, 1.165) is 6.42 Å². The van der Waals surface area contributed by atoms with Crippen LogP contribution in [0.4, 0.5) is 4.39 Å². The van der Waals surface area contributed by atoms with Crippen LogP contribution in [0.1, 0.15) is 25.3 Å². The maximum absolute atomic E-state index is 13.6. The second-order valence-electron chi connectivity index (χ2n) is 6.13. The second-order valence-corrected chi connectivity index (χ2v) is 6.54. The fourth-order valence-corrected chi connectivity index (χ4v) is 2.96. The van der Waals surface area contributed by atoms with E-state index in [4.69, 9.17) is 16.3 Å². The normalized spacial score (nSPS) is 17.8. The molecule has 1 aromatic carbocycles. The van der Waals surface area contributed by atoms with Gasteiger partial charge < -0.3 is 15.4 Å². The maximum Gasteiger partial charge on any atom is 0.237 e. The fourth-order valence-electron chi connectivity index (χ4n) is 2.84. The summed E-state index contributed by atoms with van der Waals surface area (Å²) in [6, 6.07) is 4.01. The number of halogens is 2. The molecule has 2 amide bonds. The highest BCUT2D eigenvalue weighted by atomic mass is 35.5. The van der Waals surface area contributed by atoms with Crippen LogP contribution in [0.25, 0.3) is 0 Å². The lowest BCUT2D eigenvalue weighted by molar-refractivity contribution is -0.134. The van der Waals surface area contributed by atoms with Crippen molar-refractivity contribution in [2.24, 2.45) is 0 Å². The van der Waals surface area contributed by atoms with Gasteiger partial charge in [-0.15, -0.1) is 0 Å². The predicted octanol–water partition coefficient (Wildman–Crippen LogP) is 1.71. The number of benzene rings is 1. The van der Waals surface area contributed by atoms with Crippen LogP contribution >= 0.6 is 11.6 Å². The Kier molecular flexibility index (Phi) is 8.28. The van der Waals surface area contributed by atoms with Crippen molar-refractivity contribution in [3.8, 4) is 0 Å². The summed E-state index contributed by atoms with van der Waals surface area (Å²) >= 11 is 5.71. The Morgan fingerprint density at radius 1 is 1.50 bits per heavy atom. The van der Waals surface area contributed by atoms with Crippen LogP contribution < -0.4 is 10.6 Å². The first-order chi connectivity index (χ1) is 12.5. The summed E-state index contributed by atoms with van der Waals surface area (Å²) in [7, 11) is 0. The topological polar surface area (TPSA) is 70.7 Å². The van der Waals surface area contributed by atoms with Gasteiger partial charge in [0.1, 0.15) is 5.82 Å². The number of rotatable bonds is 9. The van der Waals surface area contributed by atoms with Crippen LogP contribution in [-0.2, 0) is 20.9 Å². The Bertz CT molecular complexity index is 630. The standard InChI is InChI=1S/C18H25ClFN3O3/c1-2-26-9-3-6-21-17(24)11-16-18(25)22-7-8-23(16)12-13-4-5-14(19)15(20)10-13/h4-5,10,16H,2-3,6-9,11-12H2,1H3,(H,21,24)(H,22,25). The van der Waals surface area contributed by atoms with Gasteiger partial charge in [0.25, 0.3) is 0 Å². The quantitative estimate of drug-likeness (QED) is 0.635. The number of hydrogen-bond acceptors (Lipinski definition) is 4. The Morgan fingerprint density at radius 3 is 3.04 bits per heavy atom. The minimum Gasteiger partial charge on any atom is -0.382 e. The molecule has 0 aliphatic carbocycles. The summed E-state index contributed by atoms with van der Waals surface area (Å²) in [5, 5.41) is 5.65. The molecular formula is C18H25ClFN3O3. The van der Waals surface area contributed by atoms with E-state index in [9.17, 15) is 14.0 Å². The third-order valence-electron chi connectivity index (χ3n) is 4.18. The molecule has 6 nitrogen and oxygen atoms in total. The summed E-state index contributed by atoms with van der Waals surface area (Å²) in [5.74, 6) is -0.861. The first kappa shape index (κ1) is 20.6. The number of carbonyl (C=O) groups is 2. The van der Waals surface area contributed by atoms with E-state index < -0.39 is 11.9 Å². The lowest BCUT2D eigenvalue weighted by Gasteiger charge is -2.34. The zero-order valence-corrected chi connectivity index (χ0v) is 15.7. The molecule has 1 heterocycles. The van der Waals surface area contributed by atoms with Crippen molar-refractivity contribution in [3.63, 3.8) is 0 Å². The predicted molar refractivity (Wildman–Crippen MR) is 97.4 cm³/mol. The minimum absolute atomic E-state index is 0.0631. The number of nitrogens with zero attached hydrogens (tertiary/aromatic N) is 1. The van der Waals surface area contributed by atoms with E-state index in [-0.39, 0.29) is 23.3 Å². The Morgan fingerprint density at radius 2 is 2.31 bits per heavy atom. The van der Waals surface area contributed by atoms with Crippen molar-refractivity contribution in [1.82, 2.24) is 15.5 Å². The van der Waals surface area contributed by atoms with Crippen LogP contribution in [0, 0.1) is 5.82 Å². The lowest BCUT2D eigenvalue weighted by atomic mass is 10.1. The van der Waals surface area contributed by atoms with Crippen molar-refractivity contribution >= 4 is 23.4 Å². The second kappa shape index (κ2) is 10.4. The lowest BCUT2D eigenvalue weighted by Crippen LogP contribution is -2.56. The summed E-state index contributed by atoms with van der Waals surface area (Å²) in [4.78, 5) is 26.3. The number of piperazine rings is 1. The van der Waals surface area contributed by atoms with Crippen molar-refractivity contribution in [1.29, 1.82) is 0 Å². The van der Waals surface area contributed by atoms with Gasteiger partial charge in [-0.1, -0.05) is 17.7 Å². The molecule has 2 N–H and O–H groups in total. The molecule has 8 heteroatoms. The molecule has 0 spiro atoms. The maximum atomic E-state index is 13.6. The number of nitrogens with one attached hydrogen (secondary N) is 2. The van der Waals surface area contributed by atoms with Gasteiger partial charge in [0.2, 0.25) is 11.8 Å². The van der Waals surface area contributed by atoms with Crippen LogP contribution in [0.5, 0.6) is 0 Å². The SMILES string of the molecule is CCOCCCNC(=O)CC1C(=O)NCCN1Cc1ccc(Cl)c(F)c1. The zero-order chi connectivity index (χ0) is 18.9. The van der Waals surface area contributed by atoms with Crippen molar-refractivity contribution in [2.75, 3.05) is 32.8 Å². The minimum atomic E-state index is -0.575. The zero-order valence-electron chi connectivity index (χ0n) is 14.9. The fraction of sp³-hybridized carbons (Fsp3) is 0.556. The molecule has 26 heavy (non-hydrogen) atoms. The van der Waals surface area contributed by atoms with Crippen molar-refractivity contribution in [2.45, 2.75) is 32.4 Å². The van der Waals surface area contributed by atoms with Crippen LogP contribution in [-0.4, -0.2) is 55.6 Å². The van der Waals surface area contributed by atoms with Crippen LogP contribution in [0.2, 0.25) is 5.02 Å². The molecule has 1 aliphatic rings. The smallest absolute Gasteiger partial charge is 0.237 e. The average Bonchev–Trinajstić information content (AvgIpc) is 2.61. The molecule has 1 atom stereocenters. The molecule has 1 aromatic rings. The highest BCUT2D eigenvalue weighted by Gasteiger charge is 2.31. The molecule has 1 saturated heterocycles. The van der Waals surface area contributed by atoms with Crippen LogP contribution in [0.3, 0.4) is 0 Å². The molecule has 0 bridgehead atoms. The third kappa shape index (κ3) is 6.23. The molecule has 144 valence electrons. The average molecular weight is 386 g/mol. The van der Waals surface area contributed by atoms with Gasteiger partial charge in [0.05, 0.1) is 17.5 Å². The Labute approximate surface area is 158 Å². The van der Waals surface area contributed by atoms with Gasteiger partial charge in [-0.3, -0.25) is 14.5 Å². The molecular weight excluding hydrogens is 361 g/mol. The molecule has 1 fully saturated rings. The highest BCUT2D eigenvalue weighted by Crippen LogP contribution is 2.19. The molecule has 2 rings (SSSR count).